The quantitative estimate of drug-likeness (QED) is 0.424. The third kappa shape index (κ3) is 4.37. The third-order valence-electron chi connectivity index (χ3n) is 6.38. The maximum absolute atomic E-state index is 14.6. The van der Waals surface area contributed by atoms with E-state index in [4.69, 9.17) is 0 Å². The number of halogens is 1. The first-order chi connectivity index (χ1) is 16.8. The van der Waals surface area contributed by atoms with E-state index in [1.807, 2.05) is 48.7 Å². The van der Waals surface area contributed by atoms with E-state index in [1.54, 1.807) is 35.9 Å². The highest BCUT2D eigenvalue weighted by Gasteiger charge is 2.48. The van der Waals surface area contributed by atoms with Crippen LogP contribution in [-0.2, 0) is 24.4 Å². The Morgan fingerprint density at radius 1 is 1.14 bits per heavy atom. The Hall–Kier alpha value is -3.78. The first-order valence-electron chi connectivity index (χ1n) is 11.4. The van der Waals surface area contributed by atoms with Crippen LogP contribution in [0, 0.1) is 12.7 Å². The van der Waals surface area contributed by atoms with E-state index in [0.717, 1.165) is 16.0 Å². The number of nitrogens with one attached hydrogen (secondary N) is 1. The summed E-state index contributed by atoms with van der Waals surface area (Å²) in [6.07, 6.45) is 0. The summed E-state index contributed by atoms with van der Waals surface area (Å²) >= 11 is 1.53. The molecular formula is C27H25FN4O2S. The van der Waals surface area contributed by atoms with Crippen molar-refractivity contribution in [1.29, 1.82) is 0 Å². The zero-order valence-electron chi connectivity index (χ0n) is 19.5. The van der Waals surface area contributed by atoms with E-state index >= 15 is 0 Å². The van der Waals surface area contributed by atoms with Crippen molar-refractivity contribution >= 4 is 23.2 Å². The van der Waals surface area contributed by atoms with Gasteiger partial charge in [-0.3, -0.25) is 14.3 Å². The molecule has 1 aliphatic rings. The molecule has 0 saturated heterocycles. The molecule has 3 heterocycles. The first kappa shape index (κ1) is 23.0. The van der Waals surface area contributed by atoms with E-state index in [-0.39, 0.29) is 24.9 Å². The molecular weight excluding hydrogens is 463 g/mol. The molecule has 4 aromatic rings. The summed E-state index contributed by atoms with van der Waals surface area (Å²) in [5, 5.41) is 9.57. The molecule has 0 bridgehead atoms. The number of fused-ring (bicyclic) bond motifs is 1. The SMILES string of the molecule is Cc1cccc(CNC(=O)C2(C)Cn3nc(-c4cccs4)cc3C(=O)N2Cc2ccccc2F)c1. The number of hydrogen-bond donors (Lipinski definition) is 1. The molecule has 2 aromatic carbocycles. The highest BCUT2D eigenvalue weighted by molar-refractivity contribution is 7.13. The van der Waals surface area contributed by atoms with Gasteiger partial charge in [0.2, 0.25) is 5.91 Å². The average Bonchev–Trinajstić information content (AvgIpc) is 3.51. The first-order valence-corrected chi connectivity index (χ1v) is 12.2. The second kappa shape index (κ2) is 9.11. The van der Waals surface area contributed by atoms with Crippen LogP contribution < -0.4 is 5.32 Å². The van der Waals surface area contributed by atoms with E-state index in [2.05, 4.69) is 10.4 Å². The second-order valence-corrected chi connectivity index (χ2v) is 9.93. The molecule has 0 fully saturated rings. The summed E-state index contributed by atoms with van der Waals surface area (Å²) in [7, 11) is 0. The molecule has 0 aliphatic carbocycles. The lowest BCUT2D eigenvalue weighted by Gasteiger charge is -2.43. The minimum atomic E-state index is -1.27. The van der Waals surface area contributed by atoms with Gasteiger partial charge >= 0.3 is 0 Å². The van der Waals surface area contributed by atoms with Crippen molar-refractivity contribution in [2.75, 3.05) is 0 Å². The number of thiophene rings is 1. The zero-order chi connectivity index (χ0) is 24.6. The summed E-state index contributed by atoms with van der Waals surface area (Å²) in [5.74, 6) is -1.09. The molecule has 0 saturated carbocycles. The highest BCUT2D eigenvalue weighted by atomic mass is 32.1. The van der Waals surface area contributed by atoms with Gasteiger partial charge in [-0.15, -0.1) is 11.3 Å². The van der Waals surface area contributed by atoms with Crippen molar-refractivity contribution in [2.24, 2.45) is 0 Å². The predicted octanol–water partition coefficient (Wildman–Crippen LogP) is 4.79. The van der Waals surface area contributed by atoms with Crippen LogP contribution in [0.2, 0.25) is 0 Å². The van der Waals surface area contributed by atoms with Crippen LogP contribution in [0.25, 0.3) is 10.6 Å². The van der Waals surface area contributed by atoms with Gasteiger partial charge in [-0.05, 0) is 43.0 Å². The molecule has 0 radical (unpaired) electrons. The van der Waals surface area contributed by atoms with Crippen LogP contribution in [-0.4, -0.2) is 32.0 Å². The van der Waals surface area contributed by atoms with Crippen molar-refractivity contribution in [2.45, 2.75) is 39.0 Å². The smallest absolute Gasteiger partial charge is 0.273 e. The minimum absolute atomic E-state index is 0.0284. The van der Waals surface area contributed by atoms with Crippen molar-refractivity contribution < 1.29 is 14.0 Å². The summed E-state index contributed by atoms with van der Waals surface area (Å²) in [6, 6.07) is 19.8. The number of amides is 2. The molecule has 1 aliphatic heterocycles. The topological polar surface area (TPSA) is 67.2 Å². The van der Waals surface area contributed by atoms with E-state index in [0.29, 0.717) is 23.5 Å². The summed E-state index contributed by atoms with van der Waals surface area (Å²) in [6.45, 7) is 4.16. The fourth-order valence-corrected chi connectivity index (χ4v) is 5.11. The molecule has 6 nitrogen and oxygen atoms in total. The zero-order valence-corrected chi connectivity index (χ0v) is 20.3. The minimum Gasteiger partial charge on any atom is -0.350 e. The largest absolute Gasteiger partial charge is 0.350 e. The van der Waals surface area contributed by atoms with Gasteiger partial charge < -0.3 is 10.2 Å². The van der Waals surface area contributed by atoms with Gasteiger partial charge in [-0.25, -0.2) is 4.39 Å². The fourth-order valence-electron chi connectivity index (χ4n) is 4.43. The van der Waals surface area contributed by atoms with Gasteiger partial charge in [-0.1, -0.05) is 54.1 Å². The Bertz CT molecular complexity index is 1400. The second-order valence-electron chi connectivity index (χ2n) is 8.98. The van der Waals surface area contributed by atoms with Gasteiger partial charge in [0.1, 0.15) is 22.7 Å². The van der Waals surface area contributed by atoms with Crippen LogP contribution in [0.3, 0.4) is 0 Å². The predicted molar refractivity (Wildman–Crippen MR) is 133 cm³/mol. The summed E-state index contributed by atoms with van der Waals surface area (Å²) < 4.78 is 16.2. The van der Waals surface area contributed by atoms with E-state index < -0.39 is 11.4 Å². The van der Waals surface area contributed by atoms with Crippen LogP contribution in [0.1, 0.15) is 34.1 Å². The Kier molecular flexibility index (Phi) is 5.98. The lowest BCUT2D eigenvalue weighted by atomic mass is 9.94. The van der Waals surface area contributed by atoms with Gasteiger partial charge in [0.05, 0.1) is 18.0 Å². The molecule has 35 heavy (non-hydrogen) atoms. The fraction of sp³-hybridized carbons (Fsp3) is 0.222. The Labute approximate surface area is 207 Å². The van der Waals surface area contributed by atoms with Crippen LogP contribution in [0.15, 0.2) is 72.1 Å². The monoisotopic (exact) mass is 488 g/mol. The molecule has 1 atom stereocenters. The van der Waals surface area contributed by atoms with Gasteiger partial charge in [0.15, 0.2) is 0 Å². The number of rotatable bonds is 6. The maximum atomic E-state index is 14.6. The summed E-state index contributed by atoms with van der Waals surface area (Å²) in [5.41, 5.74) is 2.20. The van der Waals surface area contributed by atoms with Gasteiger partial charge in [-0.2, -0.15) is 5.10 Å². The Balaban J connectivity index is 1.50. The number of hydrogen-bond acceptors (Lipinski definition) is 4. The number of aryl methyl sites for hydroxylation is 1. The standard InChI is InChI=1S/C27H25FN4O2S/c1-18-7-5-8-19(13-18)15-29-26(34)27(2)17-32-23(14-22(30-32)24-11-6-12-35-24)25(33)31(27)16-20-9-3-4-10-21(20)28/h3-14H,15-17H2,1-2H3,(H,29,34). The number of carbonyl (C=O) groups excluding carboxylic acids is 2. The molecule has 2 amide bonds. The Morgan fingerprint density at radius 2 is 1.97 bits per heavy atom. The van der Waals surface area contributed by atoms with Gasteiger partial charge in [0, 0.05) is 12.1 Å². The van der Waals surface area contributed by atoms with E-state index in [9.17, 15) is 14.0 Å². The van der Waals surface area contributed by atoms with Crippen molar-refractivity contribution in [3.63, 3.8) is 0 Å². The Morgan fingerprint density at radius 3 is 2.71 bits per heavy atom. The molecule has 0 spiro atoms. The van der Waals surface area contributed by atoms with Crippen LogP contribution in [0.4, 0.5) is 4.39 Å². The molecule has 8 heteroatoms. The molecule has 178 valence electrons. The summed E-state index contributed by atoms with van der Waals surface area (Å²) in [4.78, 5) is 29.7. The molecule has 2 aromatic heterocycles. The lowest BCUT2D eigenvalue weighted by Crippen LogP contribution is -2.63. The third-order valence-corrected chi connectivity index (χ3v) is 7.27. The van der Waals surface area contributed by atoms with Crippen molar-refractivity contribution in [3.8, 4) is 10.6 Å². The highest BCUT2D eigenvalue weighted by Crippen LogP contribution is 2.33. The number of carbonyl (C=O) groups is 2. The number of aromatic nitrogens is 2. The number of nitrogens with zero attached hydrogens (tertiary/aromatic N) is 3. The van der Waals surface area contributed by atoms with E-state index in [1.165, 1.54) is 22.3 Å². The maximum Gasteiger partial charge on any atom is 0.273 e. The van der Waals surface area contributed by atoms with Crippen LogP contribution in [0.5, 0.6) is 0 Å². The molecule has 5 rings (SSSR count). The lowest BCUT2D eigenvalue weighted by molar-refractivity contribution is -0.133. The average molecular weight is 489 g/mol. The molecule has 1 N–H and O–H groups in total. The normalized spacial score (nSPS) is 17.3. The molecule has 1 unspecified atom stereocenters. The number of benzene rings is 2. The van der Waals surface area contributed by atoms with Gasteiger partial charge in [0.25, 0.3) is 5.91 Å². The van der Waals surface area contributed by atoms with Crippen molar-refractivity contribution in [1.82, 2.24) is 20.0 Å². The van der Waals surface area contributed by atoms with Crippen molar-refractivity contribution in [3.05, 3.63) is 100 Å². The van der Waals surface area contributed by atoms with Crippen LogP contribution >= 0.6 is 11.3 Å².